The van der Waals surface area contributed by atoms with Gasteiger partial charge in [0.2, 0.25) is 0 Å². The molecule has 0 aliphatic rings. The van der Waals surface area contributed by atoms with E-state index in [2.05, 4.69) is 38.2 Å². The molecule has 6 heteroatoms. The van der Waals surface area contributed by atoms with Gasteiger partial charge in [-0.05, 0) is 42.6 Å². The largest absolute Gasteiger partial charge is 0.460 e. The average Bonchev–Trinajstić information content (AvgIpc) is 3.12. The van der Waals surface area contributed by atoms with Crippen LogP contribution in [0.25, 0.3) is 11.3 Å². The number of hydrogen-bond donors (Lipinski definition) is 1. The van der Waals surface area contributed by atoms with Gasteiger partial charge < -0.3 is 9.26 Å². The maximum Gasteiger partial charge on any atom is 0.256 e. The van der Waals surface area contributed by atoms with Gasteiger partial charge in [-0.15, -0.1) is 0 Å². The van der Waals surface area contributed by atoms with Crippen molar-refractivity contribution in [3.8, 4) is 17.2 Å². The van der Waals surface area contributed by atoms with E-state index < -0.39 is 0 Å². The van der Waals surface area contributed by atoms with E-state index in [0.717, 1.165) is 5.56 Å². The Morgan fingerprint density at radius 3 is 2.03 bits per heavy atom. The average molecular weight is 508 g/mol. The molecule has 0 unspecified atom stereocenters. The second-order valence-electron chi connectivity index (χ2n) is 6.75. The standard InChI is InChI=1S/C13H16N2O2.C9H11F.3CH4.Y/c1-10(2)14-9-16-13-8-12(17-15-13)11-6-4-3-5-7-11;1-7(2)8-3-5-9(10)6-4-8;;;;/h3-8,10,14H,9H2,1-2H3;3-7H,1-2H3;3*1H4;. The normalized spacial score (nSPS) is 9.26. The van der Waals surface area contributed by atoms with Crippen molar-refractivity contribution in [1.82, 2.24) is 10.5 Å². The summed E-state index contributed by atoms with van der Waals surface area (Å²) >= 11 is 0. The van der Waals surface area contributed by atoms with Crippen molar-refractivity contribution in [3.05, 3.63) is 72.0 Å². The van der Waals surface area contributed by atoms with Gasteiger partial charge in [-0.1, -0.05) is 78.6 Å². The minimum absolute atomic E-state index is 0. The number of benzene rings is 2. The van der Waals surface area contributed by atoms with E-state index in [1.54, 1.807) is 6.07 Å². The van der Waals surface area contributed by atoms with Crippen LogP contribution in [0.4, 0.5) is 4.39 Å². The molecule has 1 radical (unpaired) electrons. The van der Waals surface area contributed by atoms with Crippen LogP contribution in [-0.2, 0) is 32.7 Å². The molecule has 2 aromatic carbocycles. The molecule has 0 atom stereocenters. The van der Waals surface area contributed by atoms with Gasteiger partial charge in [0.25, 0.3) is 5.88 Å². The molecular formula is C25H39FN2O2Y. The SMILES string of the molecule is C.C.C.CC(C)NCOc1cc(-c2ccccc2)on1.CC(C)c1ccc(F)cc1.[Y]. The fraction of sp³-hybridized carbons (Fsp3) is 0.400. The third kappa shape index (κ3) is 12.8. The topological polar surface area (TPSA) is 47.3 Å². The van der Waals surface area contributed by atoms with E-state index >= 15 is 0 Å². The minimum atomic E-state index is -0.163. The molecule has 1 N–H and O–H groups in total. The molecule has 0 spiro atoms. The predicted octanol–water partition coefficient (Wildman–Crippen LogP) is 7.53. The first-order chi connectivity index (χ1) is 13.0. The molecule has 3 aromatic rings. The molecule has 4 nitrogen and oxygen atoms in total. The summed E-state index contributed by atoms with van der Waals surface area (Å²) in [6, 6.07) is 18.6. The van der Waals surface area contributed by atoms with Crippen molar-refractivity contribution in [1.29, 1.82) is 0 Å². The molecule has 0 amide bonds. The fourth-order valence-corrected chi connectivity index (χ4v) is 2.20. The number of rotatable bonds is 6. The van der Waals surface area contributed by atoms with E-state index in [-0.39, 0.29) is 60.8 Å². The molecule has 1 heterocycles. The zero-order chi connectivity index (χ0) is 19.6. The summed E-state index contributed by atoms with van der Waals surface area (Å²) in [4.78, 5) is 0. The van der Waals surface area contributed by atoms with Gasteiger partial charge in [-0.3, -0.25) is 5.32 Å². The molecule has 0 saturated carbocycles. The molecule has 0 saturated heterocycles. The third-order valence-electron chi connectivity index (χ3n) is 3.80. The zero-order valence-electron chi connectivity index (χ0n) is 16.9. The van der Waals surface area contributed by atoms with Gasteiger partial charge in [0, 0.05) is 50.4 Å². The van der Waals surface area contributed by atoms with E-state index in [1.165, 1.54) is 17.7 Å². The van der Waals surface area contributed by atoms with E-state index in [4.69, 9.17) is 9.26 Å². The van der Waals surface area contributed by atoms with Crippen LogP contribution in [0.5, 0.6) is 5.88 Å². The first-order valence-electron chi connectivity index (χ1n) is 9.09. The van der Waals surface area contributed by atoms with Crippen LogP contribution >= 0.6 is 0 Å². The number of nitrogens with zero attached hydrogens (tertiary/aromatic N) is 1. The minimum Gasteiger partial charge on any atom is -0.460 e. The Bertz CT molecular complexity index is 791. The van der Waals surface area contributed by atoms with Crippen LogP contribution in [0, 0.1) is 5.82 Å². The second kappa shape index (κ2) is 18.1. The Hall–Kier alpha value is -1.56. The Morgan fingerprint density at radius 2 is 1.52 bits per heavy atom. The molecular weight excluding hydrogens is 468 g/mol. The summed E-state index contributed by atoms with van der Waals surface area (Å²) in [6.45, 7) is 8.72. The van der Waals surface area contributed by atoms with Crippen molar-refractivity contribution in [2.75, 3.05) is 6.73 Å². The van der Waals surface area contributed by atoms with Gasteiger partial charge in [-0.2, -0.15) is 0 Å². The maximum atomic E-state index is 12.4. The molecule has 171 valence electrons. The first kappa shape index (κ1) is 34.1. The Balaban J connectivity index is -0.000000493. The molecule has 3 rings (SSSR count). The van der Waals surface area contributed by atoms with Gasteiger partial charge in [0.05, 0.1) is 0 Å². The van der Waals surface area contributed by atoms with Gasteiger partial charge in [-0.25, -0.2) is 4.39 Å². The van der Waals surface area contributed by atoms with Crippen LogP contribution in [0.2, 0.25) is 0 Å². The summed E-state index contributed by atoms with van der Waals surface area (Å²) in [6.07, 6.45) is 0. The number of aromatic nitrogens is 1. The van der Waals surface area contributed by atoms with Crippen molar-refractivity contribution >= 4 is 0 Å². The molecule has 0 aliphatic carbocycles. The van der Waals surface area contributed by atoms with E-state index in [9.17, 15) is 4.39 Å². The van der Waals surface area contributed by atoms with Crippen molar-refractivity contribution in [2.45, 2.75) is 61.9 Å². The second-order valence-corrected chi connectivity index (χ2v) is 6.75. The van der Waals surface area contributed by atoms with Crippen LogP contribution in [0.3, 0.4) is 0 Å². The quantitative estimate of drug-likeness (QED) is 0.351. The van der Waals surface area contributed by atoms with Gasteiger partial charge >= 0.3 is 0 Å². The number of ether oxygens (including phenoxy) is 1. The zero-order valence-corrected chi connectivity index (χ0v) is 19.7. The number of hydrogen-bond acceptors (Lipinski definition) is 4. The fourth-order valence-electron chi connectivity index (χ4n) is 2.20. The number of halogens is 1. The van der Waals surface area contributed by atoms with Crippen LogP contribution in [-0.4, -0.2) is 17.9 Å². The summed E-state index contributed by atoms with van der Waals surface area (Å²) in [5.74, 6) is 1.53. The van der Waals surface area contributed by atoms with Crippen molar-refractivity contribution in [3.63, 3.8) is 0 Å². The van der Waals surface area contributed by atoms with Crippen LogP contribution in [0.15, 0.2) is 65.2 Å². The van der Waals surface area contributed by atoms with E-state index in [0.29, 0.717) is 30.3 Å². The molecule has 0 bridgehead atoms. The predicted molar refractivity (Wildman–Crippen MR) is 126 cm³/mol. The summed E-state index contributed by atoms with van der Waals surface area (Å²) < 4.78 is 23.0. The monoisotopic (exact) mass is 507 g/mol. The third-order valence-corrected chi connectivity index (χ3v) is 3.80. The Labute approximate surface area is 213 Å². The Kier molecular flexibility index (Phi) is 19.8. The molecule has 1 aromatic heterocycles. The van der Waals surface area contributed by atoms with Crippen molar-refractivity contribution in [2.24, 2.45) is 0 Å². The number of nitrogens with one attached hydrogen (secondary N) is 1. The summed E-state index contributed by atoms with van der Waals surface area (Å²) in [7, 11) is 0. The van der Waals surface area contributed by atoms with Gasteiger partial charge in [0.1, 0.15) is 12.5 Å². The van der Waals surface area contributed by atoms with E-state index in [1.807, 2.05) is 42.5 Å². The molecule has 0 aliphatic heterocycles. The Morgan fingerprint density at radius 1 is 0.935 bits per heavy atom. The molecule has 0 fully saturated rings. The van der Waals surface area contributed by atoms with Crippen LogP contribution < -0.4 is 10.1 Å². The first-order valence-corrected chi connectivity index (χ1v) is 9.09. The molecule has 31 heavy (non-hydrogen) atoms. The summed E-state index contributed by atoms with van der Waals surface area (Å²) in [5, 5.41) is 6.99. The van der Waals surface area contributed by atoms with Crippen LogP contribution in [0.1, 0.15) is 61.5 Å². The smallest absolute Gasteiger partial charge is 0.256 e. The van der Waals surface area contributed by atoms with Crippen molar-refractivity contribution < 1.29 is 46.4 Å². The maximum absolute atomic E-state index is 12.4. The van der Waals surface area contributed by atoms with Gasteiger partial charge in [0.15, 0.2) is 5.76 Å². The summed E-state index contributed by atoms with van der Waals surface area (Å²) in [5.41, 5.74) is 2.17.